The average Bonchev–Trinajstić information content (AvgIpc) is 2.64. The molecule has 0 spiro atoms. The standard InChI is InChI=1S/C23H32N2O4/c1-14(13-29-23(5,6)28)8-7-10-24-18-12-16(3)17(4)19-15(2)9-11-25(20(18)19)22(27)21(24)26/h7-8,12,14-15,28H,9-11,13H2,1-6H3/b8-7-/t14-,15+/m0/s1. The van der Waals surface area contributed by atoms with E-state index in [-0.39, 0.29) is 5.92 Å². The molecule has 0 aliphatic carbocycles. The first-order valence-corrected chi connectivity index (χ1v) is 10.3. The minimum Gasteiger partial charge on any atom is -0.366 e. The van der Waals surface area contributed by atoms with Gasteiger partial charge in [-0.05, 0) is 68.7 Å². The Hall–Kier alpha value is -2.18. The summed E-state index contributed by atoms with van der Waals surface area (Å²) in [5, 5.41) is 9.68. The smallest absolute Gasteiger partial charge is 0.317 e. The summed E-state index contributed by atoms with van der Waals surface area (Å²) in [6.45, 7) is 12.8. The second-order valence-electron chi connectivity index (χ2n) is 8.83. The van der Waals surface area contributed by atoms with E-state index >= 15 is 0 Å². The molecule has 0 fully saturated rings. The second-order valence-corrected chi connectivity index (χ2v) is 8.83. The number of ether oxygens (including phenoxy) is 1. The van der Waals surface area contributed by atoms with E-state index in [1.54, 1.807) is 23.0 Å². The number of aromatic nitrogens is 2. The van der Waals surface area contributed by atoms with Crippen LogP contribution in [-0.4, -0.2) is 26.6 Å². The normalized spacial score (nSPS) is 18.0. The lowest BCUT2D eigenvalue weighted by Gasteiger charge is -2.28. The van der Waals surface area contributed by atoms with Crippen molar-refractivity contribution in [1.29, 1.82) is 0 Å². The summed E-state index contributed by atoms with van der Waals surface area (Å²) >= 11 is 0. The highest BCUT2D eigenvalue weighted by Gasteiger charge is 2.25. The highest BCUT2D eigenvalue weighted by Crippen LogP contribution is 2.35. The summed E-state index contributed by atoms with van der Waals surface area (Å²) in [6, 6.07) is 2.03. The summed E-state index contributed by atoms with van der Waals surface area (Å²) in [4.78, 5) is 25.6. The molecule has 0 saturated heterocycles. The third kappa shape index (κ3) is 4.23. The minimum atomic E-state index is -1.17. The van der Waals surface area contributed by atoms with Gasteiger partial charge in [0, 0.05) is 13.1 Å². The zero-order valence-corrected chi connectivity index (χ0v) is 18.3. The first-order chi connectivity index (χ1) is 13.5. The Morgan fingerprint density at radius 3 is 2.66 bits per heavy atom. The molecule has 1 aliphatic rings. The largest absolute Gasteiger partial charge is 0.366 e. The predicted molar refractivity (Wildman–Crippen MR) is 116 cm³/mol. The fourth-order valence-electron chi connectivity index (χ4n) is 4.10. The molecule has 1 N–H and O–H groups in total. The fraction of sp³-hybridized carbons (Fsp3) is 0.565. The summed E-state index contributed by atoms with van der Waals surface area (Å²) < 4.78 is 8.64. The molecule has 6 heteroatoms. The van der Waals surface area contributed by atoms with Gasteiger partial charge in [0.2, 0.25) is 0 Å². The lowest BCUT2D eigenvalue weighted by Crippen LogP contribution is -2.43. The number of benzene rings is 1. The van der Waals surface area contributed by atoms with Crippen molar-refractivity contribution in [2.45, 2.75) is 72.8 Å². The van der Waals surface area contributed by atoms with Crippen LogP contribution in [0.5, 0.6) is 0 Å². The Labute approximate surface area is 171 Å². The molecule has 0 saturated carbocycles. The van der Waals surface area contributed by atoms with Crippen molar-refractivity contribution in [2.75, 3.05) is 6.61 Å². The topological polar surface area (TPSA) is 73.5 Å². The lowest BCUT2D eigenvalue weighted by molar-refractivity contribution is -0.180. The molecule has 0 unspecified atom stereocenters. The summed E-state index contributed by atoms with van der Waals surface area (Å²) in [6.07, 6.45) is 4.72. The molecule has 6 nitrogen and oxygen atoms in total. The first kappa shape index (κ1) is 21.5. The van der Waals surface area contributed by atoms with Crippen LogP contribution in [0.15, 0.2) is 27.8 Å². The van der Waals surface area contributed by atoms with E-state index < -0.39 is 16.9 Å². The zero-order chi connectivity index (χ0) is 21.5. The zero-order valence-electron chi connectivity index (χ0n) is 18.3. The van der Waals surface area contributed by atoms with Gasteiger partial charge in [0.15, 0.2) is 5.79 Å². The molecule has 1 aliphatic heterocycles. The van der Waals surface area contributed by atoms with Crippen molar-refractivity contribution >= 4 is 11.0 Å². The van der Waals surface area contributed by atoms with E-state index in [0.29, 0.717) is 25.6 Å². The Balaban J connectivity index is 2.03. The first-order valence-electron chi connectivity index (χ1n) is 10.3. The molecule has 1 aromatic carbocycles. The van der Waals surface area contributed by atoms with Crippen LogP contribution >= 0.6 is 0 Å². The molecular formula is C23H32N2O4. The number of aliphatic hydroxyl groups is 1. The van der Waals surface area contributed by atoms with E-state index in [4.69, 9.17) is 4.74 Å². The minimum absolute atomic E-state index is 0.0715. The Kier molecular flexibility index (Phi) is 5.88. The number of hydrogen-bond donors (Lipinski definition) is 1. The maximum atomic E-state index is 12.8. The van der Waals surface area contributed by atoms with Gasteiger partial charge in [0.25, 0.3) is 0 Å². The Morgan fingerprint density at radius 2 is 2.00 bits per heavy atom. The average molecular weight is 401 g/mol. The van der Waals surface area contributed by atoms with Crippen molar-refractivity contribution in [3.63, 3.8) is 0 Å². The van der Waals surface area contributed by atoms with Crippen LogP contribution in [-0.2, 0) is 17.8 Å². The SMILES string of the molecule is Cc1cc2c3c(c1C)[C@H](C)CCn3c(=O)c(=O)n2C/C=C\[C@H](C)COC(C)(C)O. The highest BCUT2D eigenvalue weighted by molar-refractivity contribution is 5.83. The van der Waals surface area contributed by atoms with Crippen molar-refractivity contribution in [3.05, 3.63) is 55.6 Å². The molecule has 2 atom stereocenters. The van der Waals surface area contributed by atoms with Crippen molar-refractivity contribution in [2.24, 2.45) is 5.92 Å². The van der Waals surface area contributed by atoms with Crippen LogP contribution < -0.4 is 11.1 Å². The van der Waals surface area contributed by atoms with Gasteiger partial charge < -0.3 is 14.4 Å². The number of allylic oxidation sites excluding steroid dienone is 1. The molecule has 158 valence electrons. The molecule has 3 rings (SSSR count). The lowest BCUT2D eigenvalue weighted by atomic mass is 9.87. The molecule has 0 amide bonds. The molecule has 2 aromatic rings. The number of nitrogens with zero attached hydrogens (tertiary/aromatic N) is 2. The number of hydrogen-bond acceptors (Lipinski definition) is 4. The maximum absolute atomic E-state index is 12.8. The number of aryl methyl sites for hydroxylation is 2. The van der Waals surface area contributed by atoms with E-state index in [1.807, 2.05) is 25.1 Å². The van der Waals surface area contributed by atoms with Gasteiger partial charge in [0.05, 0.1) is 17.6 Å². The third-order valence-electron chi connectivity index (χ3n) is 5.81. The van der Waals surface area contributed by atoms with Crippen LogP contribution in [0.2, 0.25) is 0 Å². The summed E-state index contributed by atoms with van der Waals surface area (Å²) in [5.41, 5.74) is 4.33. The molecule has 0 radical (unpaired) electrons. The monoisotopic (exact) mass is 400 g/mol. The molecule has 1 aromatic heterocycles. The van der Waals surface area contributed by atoms with E-state index in [0.717, 1.165) is 23.0 Å². The quantitative estimate of drug-likeness (QED) is 0.459. The maximum Gasteiger partial charge on any atom is 0.317 e. The van der Waals surface area contributed by atoms with Gasteiger partial charge in [-0.1, -0.05) is 26.0 Å². The van der Waals surface area contributed by atoms with Gasteiger partial charge in [0.1, 0.15) is 0 Å². The van der Waals surface area contributed by atoms with Gasteiger partial charge in [-0.3, -0.25) is 14.2 Å². The van der Waals surface area contributed by atoms with Gasteiger partial charge in [-0.25, -0.2) is 0 Å². The Bertz CT molecular complexity index is 1070. The van der Waals surface area contributed by atoms with E-state index in [2.05, 4.69) is 20.8 Å². The van der Waals surface area contributed by atoms with Gasteiger partial charge >= 0.3 is 11.1 Å². The fourth-order valence-corrected chi connectivity index (χ4v) is 4.10. The summed E-state index contributed by atoms with van der Waals surface area (Å²) in [7, 11) is 0. The van der Waals surface area contributed by atoms with Crippen molar-refractivity contribution in [1.82, 2.24) is 9.13 Å². The molecule has 29 heavy (non-hydrogen) atoms. The molecule has 2 heterocycles. The predicted octanol–water partition coefficient (Wildman–Crippen LogP) is 3.22. The van der Waals surface area contributed by atoms with Crippen LogP contribution in [0.25, 0.3) is 11.0 Å². The Morgan fingerprint density at radius 1 is 1.31 bits per heavy atom. The van der Waals surface area contributed by atoms with Gasteiger partial charge in [-0.2, -0.15) is 0 Å². The third-order valence-corrected chi connectivity index (χ3v) is 5.81. The molecule has 0 bridgehead atoms. The highest BCUT2D eigenvalue weighted by atomic mass is 16.6. The number of rotatable bonds is 6. The summed E-state index contributed by atoms with van der Waals surface area (Å²) in [5.74, 6) is -0.741. The molecular weight excluding hydrogens is 368 g/mol. The second kappa shape index (κ2) is 7.92. The van der Waals surface area contributed by atoms with Crippen LogP contribution in [0, 0.1) is 19.8 Å². The van der Waals surface area contributed by atoms with Crippen molar-refractivity contribution in [3.8, 4) is 0 Å². The van der Waals surface area contributed by atoms with Crippen LogP contribution in [0.3, 0.4) is 0 Å². The van der Waals surface area contributed by atoms with Crippen LogP contribution in [0.1, 0.15) is 56.7 Å². The van der Waals surface area contributed by atoms with E-state index in [1.165, 1.54) is 11.1 Å². The van der Waals surface area contributed by atoms with E-state index in [9.17, 15) is 14.7 Å². The van der Waals surface area contributed by atoms with Crippen molar-refractivity contribution < 1.29 is 9.84 Å². The van der Waals surface area contributed by atoms with Crippen LogP contribution in [0.4, 0.5) is 0 Å². The van der Waals surface area contributed by atoms with Gasteiger partial charge in [-0.15, -0.1) is 0 Å².